The summed E-state index contributed by atoms with van der Waals surface area (Å²) >= 11 is 0. The Balaban J connectivity index is 1.02. The smallest absolute Gasteiger partial charge is 0.164 e. The van der Waals surface area contributed by atoms with Crippen LogP contribution in [-0.4, -0.2) is 15.0 Å². The van der Waals surface area contributed by atoms with Gasteiger partial charge in [-0.3, -0.25) is 0 Å². The second-order valence-electron chi connectivity index (χ2n) is 18.5. The Kier molecular flexibility index (Phi) is 7.93. The SMILES string of the molecule is N#Cc1cccc(-c2ccc(-c3nc(-c4ccc(C56CC7CC(CC(C7)C5)C6)cc4)nc(-c4ccc5c(c4)C4(CCCC4)c4ccccc4-5)n3)c(-c3ccccc3)c2)c1. The van der Waals surface area contributed by atoms with Crippen molar-refractivity contribution in [3.63, 3.8) is 0 Å². The van der Waals surface area contributed by atoms with Gasteiger partial charge in [0.2, 0.25) is 0 Å². The maximum atomic E-state index is 9.69. The molecule has 0 amide bonds. The number of hydrogen-bond donors (Lipinski definition) is 0. The summed E-state index contributed by atoms with van der Waals surface area (Å²) in [5, 5.41) is 9.69. The van der Waals surface area contributed by atoms with Crippen molar-refractivity contribution in [2.45, 2.75) is 75.0 Å². The lowest BCUT2D eigenvalue weighted by Gasteiger charge is -2.57. The first-order valence-corrected chi connectivity index (χ1v) is 21.9. The molecule has 0 saturated heterocycles. The van der Waals surface area contributed by atoms with Crippen molar-refractivity contribution in [3.8, 4) is 73.6 Å². The fourth-order valence-electron chi connectivity index (χ4n) is 12.8. The second-order valence-corrected chi connectivity index (χ2v) is 18.5. The van der Waals surface area contributed by atoms with Crippen LogP contribution in [0.3, 0.4) is 0 Å². The summed E-state index contributed by atoms with van der Waals surface area (Å²) < 4.78 is 0. The van der Waals surface area contributed by atoms with Gasteiger partial charge in [0.15, 0.2) is 17.5 Å². The molecule has 1 aromatic heterocycles. The molecule has 4 bridgehead atoms. The van der Waals surface area contributed by atoms with Crippen LogP contribution in [0.15, 0.2) is 140 Å². The molecule has 6 aliphatic carbocycles. The zero-order valence-corrected chi connectivity index (χ0v) is 33.4. The zero-order valence-electron chi connectivity index (χ0n) is 33.4. The van der Waals surface area contributed by atoms with Crippen molar-refractivity contribution in [2.24, 2.45) is 17.8 Å². The van der Waals surface area contributed by atoms with Gasteiger partial charge in [0, 0.05) is 22.1 Å². The van der Waals surface area contributed by atoms with Crippen molar-refractivity contribution < 1.29 is 0 Å². The predicted octanol–water partition coefficient (Wildman–Crippen LogP) is 13.4. The highest BCUT2D eigenvalue weighted by Crippen LogP contribution is 2.61. The van der Waals surface area contributed by atoms with Crippen LogP contribution in [0.25, 0.3) is 67.5 Å². The minimum absolute atomic E-state index is 0.0485. The van der Waals surface area contributed by atoms with Crippen LogP contribution < -0.4 is 0 Å². The quantitative estimate of drug-likeness (QED) is 0.169. The lowest BCUT2D eigenvalue weighted by molar-refractivity contribution is -0.00518. The molecule has 6 aromatic carbocycles. The molecule has 4 nitrogen and oxygen atoms in total. The summed E-state index contributed by atoms with van der Waals surface area (Å²) in [4.78, 5) is 16.1. The van der Waals surface area contributed by atoms with Gasteiger partial charge in [0.1, 0.15) is 0 Å². The van der Waals surface area contributed by atoms with E-state index in [1.165, 1.54) is 92.0 Å². The number of rotatable bonds is 6. The molecule has 0 radical (unpaired) electrons. The minimum Gasteiger partial charge on any atom is -0.208 e. The summed E-state index contributed by atoms with van der Waals surface area (Å²) in [7, 11) is 0. The summed E-state index contributed by atoms with van der Waals surface area (Å²) in [5.74, 6) is 4.76. The average molecular weight is 763 g/mol. The first-order chi connectivity index (χ1) is 29.0. The molecule has 0 N–H and O–H groups in total. The van der Waals surface area contributed by atoms with Gasteiger partial charge in [0.05, 0.1) is 11.6 Å². The molecule has 6 aliphatic rings. The number of nitrogens with zero attached hydrogens (tertiary/aromatic N) is 4. The molecular weight excluding hydrogens is 717 g/mol. The van der Waals surface area contributed by atoms with Crippen molar-refractivity contribution in [1.82, 2.24) is 15.0 Å². The van der Waals surface area contributed by atoms with Gasteiger partial charge in [-0.15, -0.1) is 0 Å². The highest BCUT2D eigenvalue weighted by Gasteiger charge is 2.51. The molecule has 1 heterocycles. The number of hydrogen-bond acceptors (Lipinski definition) is 4. The van der Waals surface area contributed by atoms with Gasteiger partial charge in [-0.2, -0.15) is 5.26 Å². The van der Waals surface area contributed by atoms with E-state index < -0.39 is 0 Å². The highest BCUT2D eigenvalue weighted by atomic mass is 15.0. The van der Waals surface area contributed by atoms with E-state index in [2.05, 4.69) is 127 Å². The summed E-state index contributed by atoms with van der Waals surface area (Å²) in [6.07, 6.45) is 13.2. The molecule has 286 valence electrons. The van der Waals surface area contributed by atoms with Crippen LogP contribution in [0.5, 0.6) is 0 Å². The van der Waals surface area contributed by atoms with E-state index in [1.54, 1.807) is 0 Å². The summed E-state index contributed by atoms with van der Waals surface area (Å²) in [6, 6.07) is 52.6. The molecular formula is C55H46N4. The Morgan fingerprint density at radius 3 is 1.80 bits per heavy atom. The van der Waals surface area contributed by atoms with E-state index in [-0.39, 0.29) is 5.41 Å². The molecule has 0 aliphatic heterocycles. The molecule has 0 unspecified atom stereocenters. The van der Waals surface area contributed by atoms with E-state index >= 15 is 0 Å². The Bertz CT molecular complexity index is 2790. The third-order valence-corrected chi connectivity index (χ3v) is 15.1. The Morgan fingerprint density at radius 1 is 0.458 bits per heavy atom. The normalized spacial score (nSPS) is 22.9. The summed E-state index contributed by atoms with van der Waals surface area (Å²) in [5.41, 5.74) is 15.3. The van der Waals surface area contributed by atoms with E-state index in [1.807, 2.05) is 18.2 Å². The highest BCUT2D eigenvalue weighted by molar-refractivity contribution is 5.87. The third-order valence-electron chi connectivity index (χ3n) is 15.1. The van der Waals surface area contributed by atoms with Crippen LogP contribution in [-0.2, 0) is 10.8 Å². The Labute approximate surface area is 347 Å². The van der Waals surface area contributed by atoms with Gasteiger partial charge in [-0.25, -0.2) is 15.0 Å². The Morgan fingerprint density at radius 2 is 1.05 bits per heavy atom. The number of nitriles is 1. The van der Waals surface area contributed by atoms with Crippen molar-refractivity contribution in [3.05, 3.63) is 162 Å². The van der Waals surface area contributed by atoms with Crippen LogP contribution in [0.2, 0.25) is 0 Å². The van der Waals surface area contributed by atoms with Crippen molar-refractivity contribution >= 4 is 0 Å². The standard InChI is InChI=1S/C55H46N4/c56-34-35-9-8-12-41(28-35)42-17-22-47(48(29-42)39-10-2-1-3-11-39)53-58-51(40-15-19-44(20-16-40)54-31-36-25-37(32-54)27-38(26-36)33-54)57-52(59-53)43-18-21-46-45-13-4-5-14-49(45)55(50(46)30-43)23-6-7-24-55/h1-5,8-22,28-30,36-38H,6-7,23-27,31-33H2. The fourth-order valence-corrected chi connectivity index (χ4v) is 12.8. The zero-order chi connectivity index (χ0) is 39.1. The van der Waals surface area contributed by atoms with Gasteiger partial charge < -0.3 is 0 Å². The summed E-state index contributed by atoms with van der Waals surface area (Å²) in [6.45, 7) is 0. The first kappa shape index (κ1) is 34.8. The lowest BCUT2D eigenvalue weighted by atomic mass is 9.48. The van der Waals surface area contributed by atoms with Gasteiger partial charge >= 0.3 is 0 Å². The van der Waals surface area contributed by atoms with E-state index in [9.17, 15) is 5.26 Å². The van der Waals surface area contributed by atoms with Gasteiger partial charge in [-0.1, -0.05) is 122 Å². The van der Waals surface area contributed by atoms with Crippen LogP contribution in [0.4, 0.5) is 0 Å². The van der Waals surface area contributed by atoms with E-state index in [4.69, 9.17) is 15.0 Å². The average Bonchev–Trinajstić information content (AvgIpc) is 3.89. The molecule has 7 aromatic rings. The molecule has 59 heavy (non-hydrogen) atoms. The third kappa shape index (κ3) is 5.65. The molecule has 5 saturated carbocycles. The van der Waals surface area contributed by atoms with E-state index in [0.29, 0.717) is 28.5 Å². The maximum absolute atomic E-state index is 9.69. The monoisotopic (exact) mass is 762 g/mol. The lowest BCUT2D eigenvalue weighted by Crippen LogP contribution is -2.48. The van der Waals surface area contributed by atoms with Gasteiger partial charge in [0.25, 0.3) is 0 Å². The number of benzene rings is 6. The first-order valence-electron chi connectivity index (χ1n) is 21.9. The largest absolute Gasteiger partial charge is 0.208 e. The van der Waals surface area contributed by atoms with Crippen LogP contribution in [0.1, 0.15) is 86.5 Å². The molecule has 0 atom stereocenters. The van der Waals surface area contributed by atoms with Gasteiger partial charge in [-0.05, 0) is 155 Å². The van der Waals surface area contributed by atoms with Crippen molar-refractivity contribution in [2.75, 3.05) is 0 Å². The molecule has 13 rings (SSSR count). The molecule has 4 heteroatoms. The van der Waals surface area contributed by atoms with Crippen LogP contribution >= 0.6 is 0 Å². The van der Waals surface area contributed by atoms with Crippen LogP contribution in [0, 0.1) is 29.1 Å². The minimum atomic E-state index is 0.0485. The maximum Gasteiger partial charge on any atom is 0.164 e. The number of aromatic nitrogens is 3. The van der Waals surface area contributed by atoms with Crippen molar-refractivity contribution in [1.29, 1.82) is 5.26 Å². The number of fused-ring (bicyclic) bond motifs is 5. The molecule has 5 fully saturated rings. The fraction of sp³-hybridized carbons (Fsp3) is 0.273. The predicted molar refractivity (Wildman–Crippen MR) is 236 cm³/mol. The molecule has 1 spiro atoms. The van der Waals surface area contributed by atoms with E-state index in [0.717, 1.165) is 56.7 Å². The second kappa shape index (κ2) is 13.4. The topological polar surface area (TPSA) is 62.5 Å². The Hall–Kier alpha value is -6.18.